The largest absolute Gasteiger partial charge is 0.497 e. The van der Waals surface area contributed by atoms with Crippen molar-refractivity contribution in [1.82, 2.24) is 5.32 Å². The van der Waals surface area contributed by atoms with E-state index in [2.05, 4.69) is 19.2 Å². The fraction of sp³-hybridized carbons (Fsp3) is 0.571. The third-order valence-electron chi connectivity index (χ3n) is 3.10. The van der Waals surface area contributed by atoms with Gasteiger partial charge in [-0.3, -0.25) is 0 Å². The van der Waals surface area contributed by atoms with Crippen molar-refractivity contribution in [3.63, 3.8) is 0 Å². The highest BCUT2D eigenvalue weighted by Gasteiger charge is 2.12. The lowest BCUT2D eigenvalue weighted by atomic mass is 10.0. The topological polar surface area (TPSA) is 56.5 Å². The molecule has 3 N–H and O–H groups in total. The zero-order valence-electron chi connectivity index (χ0n) is 11.7. The molecule has 0 aromatic heterocycles. The summed E-state index contributed by atoms with van der Waals surface area (Å²) < 4.78 is 10.6. The van der Waals surface area contributed by atoms with E-state index in [1.165, 1.54) is 0 Å². The Morgan fingerprint density at radius 2 is 1.94 bits per heavy atom. The number of hydrogen-bond donors (Lipinski definition) is 2. The van der Waals surface area contributed by atoms with Crippen LogP contribution in [0.25, 0.3) is 0 Å². The quantitative estimate of drug-likeness (QED) is 0.776. The maximum atomic E-state index is 5.75. The van der Waals surface area contributed by atoms with Gasteiger partial charge in [0.2, 0.25) is 0 Å². The normalized spacial score (nSPS) is 12.6. The Kier molecular flexibility index (Phi) is 5.95. The van der Waals surface area contributed by atoms with Crippen molar-refractivity contribution in [3.05, 3.63) is 23.8 Å². The van der Waals surface area contributed by atoms with Gasteiger partial charge in [-0.05, 0) is 24.1 Å². The monoisotopic (exact) mass is 252 g/mol. The molecule has 0 aliphatic heterocycles. The molecule has 0 saturated heterocycles. The smallest absolute Gasteiger partial charge is 0.123 e. The number of ether oxygens (including phenoxy) is 2. The number of nitrogens with two attached hydrogens (primary N) is 1. The molecule has 1 aromatic carbocycles. The lowest BCUT2D eigenvalue weighted by Crippen LogP contribution is -2.39. The van der Waals surface area contributed by atoms with Crippen LogP contribution >= 0.6 is 0 Å². The van der Waals surface area contributed by atoms with Gasteiger partial charge in [0.05, 0.1) is 14.2 Å². The van der Waals surface area contributed by atoms with Gasteiger partial charge in [-0.1, -0.05) is 13.8 Å². The van der Waals surface area contributed by atoms with E-state index >= 15 is 0 Å². The summed E-state index contributed by atoms with van der Waals surface area (Å²) in [5.41, 5.74) is 6.83. The molecular weight excluding hydrogens is 228 g/mol. The second-order valence-corrected chi connectivity index (χ2v) is 4.64. The molecule has 0 aliphatic rings. The lowest BCUT2D eigenvalue weighted by Gasteiger charge is -2.21. The van der Waals surface area contributed by atoms with Crippen LogP contribution in [0.1, 0.15) is 19.4 Å². The molecule has 0 fully saturated rings. The molecule has 18 heavy (non-hydrogen) atoms. The first-order chi connectivity index (χ1) is 8.62. The third kappa shape index (κ3) is 3.89. The minimum atomic E-state index is 0.306. The zero-order chi connectivity index (χ0) is 13.5. The first-order valence-corrected chi connectivity index (χ1v) is 6.26. The highest BCUT2D eigenvalue weighted by molar-refractivity contribution is 5.40. The van der Waals surface area contributed by atoms with Crippen molar-refractivity contribution in [2.45, 2.75) is 26.4 Å². The molecule has 4 heteroatoms. The Labute approximate surface area is 109 Å². The molecule has 0 aliphatic carbocycles. The van der Waals surface area contributed by atoms with Gasteiger partial charge in [-0.15, -0.1) is 0 Å². The van der Waals surface area contributed by atoms with Crippen molar-refractivity contribution in [2.75, 3.05) is 20.8 Å². The Morgan fingerprint density at radius 3 is 2.44 bits per heavy atom. The van der Waals surface area contributed by atoms with Gasteiger partial charge in [0.1, 0.15) is 11.5 Å². The fourth-order valence-electron chi connectivity index (χ4n) is 1.85. The number of nitrogens with one attached hydrogen (secondary N) is 1. The van der Waals surface area contributed by atoms with Crippen LogP contribution in [0.4, 0.5) is 0 Å². The number of rotatable bonds is 7. The van der Waals surface area contributed by atoms with Crippen LogP contribution in [0.5, 0.6) is 11.5 Å². The first-order valence-electron chi connectivity index (χ1n) is 6.26. The number of hydrogen-bond acceptors (Lipinski definition) is 4. The molecule has 0 saturated carbocycles. The first kappa shape index (κ1) is 14.8. The van der Waals surface area contributed by atoms with E-state index in [0.29, 0.717) is 18.5 Å². The predicted molar refractivity (Wildman–Crippen MR) is 74.1 cm³/mol. The van der Waals surface area contributed by atoms with Gasteiger partial charge in [0.25, 0.3) is 0 Å². The predicted octanol–water partition coefficient (Wildman–Crippen LogP) is 1.78. The van der Waals surface area contributed by atoms with Gasteiger partial charge in [-0.2, -0.15) is 0 Å². The summed E-state index contributed by atoms with van der Waals surface area (Å²) in [6, 6.07) is 6.11. The minimum Gasteiger partial charge on any atom is -0.497 e. The zero-order valence-corrected chi connectivity index (χ0v) is 11.7. The van der Waals surface area contributed by atoms with E-state index in [1.807, 2.05) is 18.2 Å². The molecule has 0 heterocycles. The molecule has 0 bridgehead atoms. The molecule has 0 spiro atoms. The van der Waals surface area contributed by atoms with E-state index < -0.39 is 0 Å². The molecule has 102 valence electrons. The second-order valence-electron chi connectivity index (χ2n) is 4.64. The minimum absolute atomic E-state index is 0.306. The Morgan fingerprint density at radius 1 is 1.22 bits per heavy atom. The molecule has 1 aromatic rings. The number of benzene rings is 1. The second kappa shape index (κ2) is 7.24. The Hall–Kier alpha value is -1.26. The van der Waals surface area contributed by atoms with Crippen LogP contribution < -0.4 is 20.5 Å². The van der Waals surface area contributed by atoms with Crippen molar-refractivity contribution < 1.29 is 9.47 Å². The standard InChI is InChI=1S/C14H24N2O2/c1-10(2)13(8-15)16-9-11-7-12(17-3)5-6-14(11)18-4/h5-7,10,13,16H,8-9,15H2,1-4H3. The van der Waals surface area contributed by atoms with Crippen molar-refractivity contribution >= 4 is 0 Å². The van der Waals surface area contributed by atoms with Gasteiger partial charge in [-0.25, -0.2) is 0 Å². The molecule has 4 nitrogen and oxygen atoms in total. The molecule has 1 rings (SSSR count). The van der Waals surface area contributed by atoms with Gasteiger partial charge < -0.3 is 20.5 Å². The van der Waals surface area contributed by atoms with E-state index in [-0.39, 0.29) is 0 Å². The van der Waals surface area contributed by atoms with Gasteiger partial charge in [0.15, 0.2) is 0 Å². The fourth-order valence-corrected chi connectivity index (χ4v) is 1.85. The van der Waals surface area contributed by atoms with Crippen LogP contribution in [0.2, 0.25) is 0 Å². The molecule has 0 radical (unpaired) electrons. The summed E-state index contributed by atoms with van der Waals surface area (Å²) in [6.45, 7) is 5.67. The average molecular weight is 252 g/mol. The van der Waals surface area contributed by atoms with Gasteiger partial charge >= 0.3 is 0 Å². The SMILES string of the molecule is COc1ccc(OC)c(CNC(CN)C(C)C)c1. The third-order valence-corrected chi connectivity index (χ3v) is 3.10. The van der Waals surface area contributed by atoms with Crippen molar-refractivity contribution in [1.29, 1.82) is 0 Å². The van der Waals surface area contributed by atoms with E-state index in [1.54, 1.807) is 14.2 Å². The molecular formula is C14H24N2O2. The maximum Gasteiger partial charge on any atom is 0.123 e. The molecule has 1 atom stereocenters. The van der Waals surface area contributed by atoms with E-state index in [9.17, 15) is 0 Å². The van der Waals surface area contributed by atoms with Crippen LogP contribution in [-0.4, -0.2) is 26.8 Å². The summed E-state index contributed by atoms with van der Waals surface area (Å²) in [4.78, 5) is 0. The van der Waals surface area contributed by atoms with E-state index in [4.69, 9.17) is 15.2 Å². The van der Waals surface area contributed by atoms with Crippen LogP contribution in [0, 0.1) is 5.92 Å². The van der Waals surface area contributed by atoms with Crippen LogP contribution in [-0.2, 0) is 6.54 Å². The number of methoxy groups -OCH3 is 2. The van der Waals surface area contributed by atoms with Crippen LogP contribution in [0.3, 0.4) is 0 Å². The maximum absolute atomic E-state index is 5.75. The summed E-state index contributed by atoms with van der Waals surface area (Å²) in [7, 11) is 3.34. The Bertz CT molecular complexity index is 367. The summed E-state index contributed by atoms with van der Waals surface area (Å²) in [5.74, 6) is 2.20. The average Bonchev–Trinajstić information content (AvgIpc) is 2.38. The molecule has 0 amide bonds. The van der Waals surface area contributed by atoms with E-state index in [0.717, 1.165) is 23.6 Å². The Balaban J connectivity index is 2.75. The highest BCUT2D eigenvalue weighted by Crippen LogP contribution is 2.23. The summed E-state index contributed by atoms with van der Waals surface area (Å²) in [5, 5.41) is 3.45. The lowest BCUT2D eigenvalue weighted by molar-refractivity contribution is 0.381. The van der Waals surface area contributed by atoms with Crippen molar-refractivity contribution in [3.8, 4) is 11.5 Å². The van der Waals surface area contributed by atoms with Crippen molar-refractivity contribution in [2.24, 2.45) is 11.7 Å². The highest BCUT2D eigenvalue weighted by atomic mass is 16.5. The summed E-state index contributed by atoms with van der Waals surface area (Å²) in [6.07, 6.45) is 0. The van der Waals surface area contributed by atoms with Gasteiger partial charge in [0, 0.05) is 24.7 Å². The molecule has 1 unspecified atom stereocenters. The summed E-state index contributed by atoms with van der Waals surface area (Å²) >= 11 is 0. The van der Waals surface area contributed by atoms with Crippen LogP contribution in [0.15, 0.2) is 18.2 Å².